The van der Waals surface area contributed by atoms with E-state index in [2.05, 4.69) is 16.8 Å². The van der Waals surface area contributed by atoms with Gasteiger partial charge in [0.05, 0.1) is 12.6 Å². The number of rotatable bonds is 3. The van der Waals surface area contributed by atoms with Crippen molar-refractivity contribution in [3.05, 3.63) is 39.0 Å². The van der Waals surface area contributed by atoms with E-state index in [0.29, 0.717) is 16.7 Å². The molecule has 0 unspecified atom stereocenters. The number of likely N-dealkylation sites (tertiary alicyclic amines) is 1. The number of nitrogens with one attached hydrogen (secondary N) is 1. The number of H-pyrrole nitrogens is 1. The molecule has 0 bridgehead atoms. The molecule has 2 aromatic rings. The quantitative estimate of drug-likeness (QED) is 0.929. The first kappa shape index (κ1) is 14.8. The number of benzene rings is 1. The topological polar surface area (TPSA) is 67.3 Å². The summed E-state index contributed by atoms with van der Waals surface area (Å²) in [5.74, 6) is 0.499. The van der Waals surface area contributed by atoms with Crippen molar-refractivity contribution in [3.63, 3.8) is 0 Å². The van der Waals surface area contributed by atoms with Crippen LogP contribution in [-0.2, 0) is 0 Å². The molecule has 0 spiro atoms. The Bertz CT molecular complexity index is 785. The van der Waals surface area contributed by atoms with Gasteiger partial charge < -0.3 is 14.6 Å². The molecular formula is C16H21N3O3. The number of aromatic nitrogens is 2. The fourth-order valence-corrected chi connectivity index (χ4v) is 3.24. The highest BCUT2D eigenvalue weighted by Gasteiger charge is 2.23. The highest BCUT2D eigenvalue weighted by atomic mass is 16.5. The molecular weight excluding hydrogens is 282 g/mol. The predicted molar refractivity (Wildman–Crippen MR) is 85.8 cm³/mol. The Morgan fingerprint density at radius 2 is 2.00 bits per heavy atom. The second-order valence-electron chi connectivity index (χ2n) is 5.65. The molecule has 1 aliphatic rings. The first-order chi connectivity index (χ1) is 10.7. The zero-order valence-corrected chi connectivity index (χ0v) is 13.0. The highest BCUT2D eigenvalue weighted by Crippen LogP contribution is 2.23. The number of fused-ring (bicyclic) bond motifs is 1. The number of piperidine rings is 1. The minimum atomic E-state index is -0.333. The van der Waals surface area contributed by atoms with E-state index in [9.17, 15) is 9.59 Å². The molecule has 1 aromatic heterocycles. The Morgan fingerprint density at radius 1 is 1.27 bits per heavy atom. The van der Waals surface area contributed by atoms with Crippen LogP contribution in [-0.4, -0.2) is 41.2 Å². The summed E-state index contributed by atoms with van der Waals surface area (Å²) in [6, 6.07) is 5.19. The molecule has 2 heterocycles. The summed E-state index contributed by atoms with van der Waals surface area (Å²) in [6.45, 7) is 4.96. The highest BCUT2D eigenvalue weighted by molar-refractivity contribution is 5.83. The molecule has 1 aromatic carbocycles. The first-order valence-corrected chi connectivity index (χ1v) is 7.69. The Hall–Kier alpha value is -2.08. The molecule has 0 amide bonds. The van der Waals surface area contributed by atoms with Gasteiger partial charge >= 0.3 is 5.69 Å². The van der Waals surface area contributed by atoms with Gasteiger partial charge in [0.15, 0.2) is 0 Å². The molecule has 0 saturated carbocycles. The first-order valence-electron chi connectivity index (χ1n) is 7.69. The van der Waals surface area contributed by atoms with Gasteiger partial charge in [-0.3, -0.25) is 9.36 Å². The van der Waals surface area contributed by atoms with Gasteiger partial charge in [0.2, 0.25) is 0 Å². The zero-order valence-electron chi connectivity index (χ0n) is 13.0. The van der Waals surface area contributed by atoms with E-state index in [-0.39, 0.29) is 17.3 Å². The van der Waals surface area contributed by atoms with Crippen molar-refractivity contribution in [1.29, 1.82) is 0 Å². The maximum absolute atomic E-state index is 12.8. The van der Waals surface area contributed by atoms with Crippen LogP contribution in [0.1, 0.15) is 25.8 Å². The van der Waals surface area contributed by atoms with Crippen molar-refractivity contribution in [3.8, 4) is 5.75 Å². The molecule has 3 rings (SSSR count). The molecule has 1 saturated heterocycles. The third-order valence-corrected chi connectivity index (χ3v) is 4.51. The number of hydrogen-bond acceptors (Lipinski definition) is 4. The monoisotopic (exact) mass is 303 g/mol. The summed E-state index contributed by atoms with van der Waals surface area (Å²) in [5, 5.41) is 0.447. The van der Waals surface area contributed by atoms with E-state index in [1.165, 1.54) is 11.7 Å². The molecule has 0 aliphatic carbocycles. The number of ether oxygens (including phenoxy) is 1. The predicted octanol–water partition coefficient (Wildman–Crippen LogP) is 1.36. The summed E-state index contributed by atoms with van der Waals surface area (Å²) in [6.07, 6.45) is 1.63. The molecule has 0 radical (unpaired) electrons. The van der Waals surface area contributed by atoms with E-state index < -0.39 is 0 Å². The second-order valence-corrected chi connectivity index (χ2v) is 5.65. The van der Waals surface area contributed by atoms with Crippen molar-refractivity contribution in [2.75, 3.05) is 26.7 Å². The SMILES string of the molecule is CCN1CCC(n2c(=O)[nH]c3cccc(OC)c3c2=O)CC1. The number of methoxy groups -OCH3 is 1. The van der Waals surface area contributed by atoms with E-state index >= 15 is 0 Å². The second kappa shape index (κ2) is 5.96. The third-order valence-electron chi connectivity index (χ3n) is 4.51. The van der Waals surface area contributed by atoms with Gasteiger partial charge in [-0.25, -0.2) is 4.79 Å². The van der Waals surface area contributed by atoms with Crippen LogP contribution in [0.25, 0.3) is 10.9 Å². The Labute approximate surface area is 128 Å². The molecule has 6 nitrogen and oxygen atoms in total. The van der Waals surface area contributed by atoms with Crippen molar-refractivity contribution in [1.82, 2.24) is 14.5 Å². The van der Waals surface area contributed by atoms with E-state index in [1.807, 2.05) is 0 Å². The van der Waals surface area contributed by atoms with Crippen LogP contribution in [0.5, 0.6) is 5.75 Å². The van der Waals surface area contributed by atoms with Crippen LogP contribution in [0.3, 0.4) is 0 Å². The standard InChI is InChI=1S/C16H21N3O3/c1-3-18-9-7-11(8-10-18)19-15(20)14-12(17-16(19)21)5-4-6-13(14)22-2/h4-6,11H,3,7-10H2,1-2H3,(H,17,21). The van der Waals surface area contributed by atoms with Gasteiger partial charge in [0, 0.05) is 19.1 Å². The van der Waals surface area contributed by atoms with Crippen LogP contribution in [0, 0.1) is 0 Å². The van der Waals surface area contributed by atoms with Gasteiger partial charge in [-0.2, -0.15) is 0 Å². The molecule has 1 fully saturated rings. The van der Waals surface area contributed by atoms with Gasteiger partial charge in [0.25, 0.3) is 5.56 Å². The summed E-state index contributed by atoms with van der Waals surface area (Å²) in [4.78, 5) is 30.3. The average Bonchev–Trinajstić information content (AvgIpc) is 2.54. The molecule has 0 atom stereocenters. The van der Waals surface area contributed by atoms with E-state index in [0.717, 1.165) is 32.5 Å². The summed E-state index contributed by atoms with van der Waals surface area (Å²) in [5.41, 5.74) is -0.0663. The maximum atomic E-state index is 12.8. The minimum Gasteiger partial charge on any atom is -0.496 e. The molecule has 22 heavy (non-hydrogen) atoms. The van der Waals surface area contributed by atoms with Gasteiger partial charge in [-0.1, -0.05) is 13.0 Å². The van der Waals surface area contributed by atoms with E-state index in [1.54, 1.807) is 18.2 Å². The molecule has 118 valence electrons. The summed E-state index contributed by atoms with van der Waals surface area (Å²) in [7, 11) is 1.53. The zero-order chi connectivity index (χ0) is 15.7. The summed E-state index contributed by atoms with van der Waals surface area (Å²) < 4.78 is 6.65. The number of nitrogens with zero attached hydrogens (tertiary/aromatic N) is 2. The van der Waals surface area contributed by atoms with E-state index in [4.69, 9.17) is 4.74 Å². The lowest BCUT2D eigenvalue weighted by Crippen LogP contribution is -2.43. The van der Waals surface area contributed by atoms with Gasteiger partial charge in [-0.15, -0.1) is 0 Å². The van der Waals surface area contributed by atoms with Crippen LogP contribution in [0.15, 0.2) is 27.8 Å². The van der Waals surface area contributed by atoms with Crippen LogP contribution >= 0.6 is 0 Å². The molecule has 1 N–H and O–H groups in total. The number of hydrogen-bond donors (Lipinski definition) is 1. The van der Waals surface area contributed by atoms with Crippen molar-refractivity contribution < 1.29 is 4.74 Å². The van der Waals surface area contributed by atoms with Crippen molar-refractivity contribution in [2.24, 2.45) is 0 Å². The normalized spacial score (nSPS) is 17.0. The van der Waals surface area contributed by atoms with Crippen LogP contribution in [0.2, 0.25) is 0 Å². The number of aromatic amines is 1. The van der Waals surface area contributed by atoms with Crippen molar-refractivity contribution >= 4 is 10.9 Å². The smallest absolute Gasteiger partial charge is 0.329 e. The Balaban J connectivity index is 2.11. The largest absolute Gasteiger partial charge is 0.496 e. The Kier molecular flexibility index (Phi) is 4.02. The lowest BCUT2D eigenvalue weighted by atomic mass is 10.0. The fourth-order valence-electron chi connectivity index (χ4n) is 3.24. The fraction of sp³-hybridized carbons (Fsp3) is 0.500. The van der Waals surface area contributed by atoms with Crippen molar-refractivity contribution in [2.45, 2.75) is 25.8 Å². The van der Waals surface area contributed by atoms with Crippen LogP contribution in [0.4, 0.5) is 0 Å². The third kappa shape index (κ3) is 2.43. The van der Waals surface area contributed by atoms with Crippen LogP contribution < -0.4 is 16.0 Å². The average molecular weight is 303 g/mol. The molecule has 1 aliphatic heterocycles. The lowest BCUT2D eigenvalue weighted by molar-refractivity contribution is 0.190. The molecule has 6 heteroatoms. The maximum Gasteiger partial charge on any atom is 0.329 e. The summed E-state index contributed by atoms with van der Waals surface area (Å²) >= 11 is 0. The minimum absolute atomic E-state index is 0.0478. The van der Waals surface area contributed by atoms with Gasteiger partial charge in [-0.05, 0) is 31.5 Å². The lowest BCUT2D eigenvalue weighted by Gasteiger charge is -2.31. The Morgan fingerprint density at radius 3 is 2.64 bits per heavy atom. The van der Waals surface area contributed by atoms with Gasteiger partial charge in [0.1, 0.15) is 11.1 Å².